The summed E-state index contributed by atoms with van der Waals surface area (Å²) in [6.07, 6.45) is 0.901. The lowest BCUT2D eigenvalue weighted by molar-refractivity contribution is -0.155. The van der Waals surface area contributed by atoms with Crippen molar-refractivity contribution in [2.45, 2.75) is 39.2 Å². The third-order valence-electron chi connectivity index (χ3n) is 4.98. The molecule has 0 radical (unpaired) electrons. The van der Waals surface area contributed by atoms with Crippen molar-refractivity contribution >= 4 is 17.8 Å². The lowest BCUT2D eigenvalue weighted by Crippen LogP contribution is -2.54. The Morgan fingerprint density at radius 2 is 1.78 bits per heavy atom. The monoisotopic (exact) mass is 376 g/mol. The maximum absolute atomic E-state index is 12.6. The lowest BCUT2D eigenvalue weighted by atomic mass is 9.80. The zero-order valence-electron chi connectivity index (χ0n) is 15.9. The number of hydrogen-bond donors (Lipinski definition) is 3. The average molecular weight is 376 g/mol. The molecule has 0 aromatic heterocycles. The number of carboxylic acid groups (broad SMARTS) is 1. The van der Waals surface area contributed by atoms with Gasteiger partial charge in [0.2, 0.25) is 11.8 Å². The normalized spacial score (nSPS) is 17.1. The van der Waals surface area contributed by atoms with E-state index in [1.54, 1.807) is 0 Å². The van der Waals surface area contributed by atoms with Gasteiger partial charge in [-0.3, -0.25) is 14.4 Å². The first-order valence-electron chi connectivity index (χ1n) is 9.26. The molecule has 1 aromatic rings. The smallest absolute Gasteiger partial charge is 0.311 e. The van der Waals surface area contributed by atoms with Crippen LogP contribution < -0.4 is 10.6 Å². The van der Waals surface area contributed by atoms with E-state index in [-0.39, 0.29) is 30.7 Å². The number of rotatable bonds is 8. The first-order valence-corrected chi connectivity index (χ1v) is 9.26. The van der Waals surface area contributed by atoms with E-state index >= 15 is 0 Å². The molecule has 1 fully saturated rings. The van der Waals surface area contributed by atoms with Gasteiger partial charge in [0.25, 0.3) is 0 Å². The van der Waals surface area contributed by atoms with Crippen LogP contribution in [0.25, 0.3) is 0 Å². The van der Waals surface area contributed by atoms with Crippen molar-refractivity contribution in [2.24, 2.45) is 11.3 Å². The molecule has 1 aromatic carbocycles. The minimum atomic E-state index is -1.01. The molecule has 0 saturated carbocycles. The number of aliphatic carboxylic acids is 1. The fraction of sp³-hybridized carbons (Fsp3) is 0.550. The molecule has 148 valence electrons. The van der Waals surface area contributed by atoms with E-state index in [1.807, 2.05) is 44.2 Å². The Morgan fingerprint density at radius 3 is 2.33 bits per heavy atom. The van der Waals surface area contributed by atoms with Crippen molar-refractivity contribution in [1.82, 2.24) is 10.6 Å². The van der Waals surface area contributed by atoms with Crippen LogP contribution in [0.4, 0.5) is 0 Å². The molecule has 2 amide bonds. The summed E-state index contributed by atoms with van der Waals surface area (Å²) in [5.41, 5.74) is -0.145. The maximum atomic E-state index is 12.6. The SMILES string of the molecule is CC(C)C(NC(=O)Cc1ccccc1)C(=O)NCC1(C(=O)O)CCOCC1. The van der Waals surface area contributed by atoms with Gasteiger partial charge in [0.15, 0.2) is 0 Å². The summed E-state index contributed by atoms with van der Waals surface area (Å²) in [6, 6.07) is 8.58. The Bertz CT molecular complexity index is 654. The highest BCUT2D eigenvalue weighted by Crippen LogP contribution is 2.30. The molecular weight excluding hydrogens is 348 g/mol. The van der Waals surface area contributed by atoms with Crippen LogP contribution >= 0.6 is 0 Å². The molecule has 3 N–H and O–H groups in total. The van der Waals surface area contributed by atoms with Crippen molar-refractivity contribution in [3.05, 3.63) is 35.9 Å². The molecule has 1 heterocycles. The van der Waals surface area contributed by atoms with Crippen molar-refractivity contribution in [3.63, 3.8) is 0 Å². The number of nitrogens with one attached hydrogen (secondary N) is 2. The number of benzene rings is 1. The minimum Gasteiger partial charge on any atom is -0.481 e. The Hall–Kier alpha value is -2.41. The highest BCUT2D eigenvalue weighted by Gasteiger charge is 2.41. The van der Waals surface area contributed by atoms with Crippen molar-refractivity contribution in [2.75, 3.05) is 19.8 Å². The van der Waals surface area contributed by atoms with E-state index in [0.29, 0.717) is 26.1 Å². The standard InChI is InChI=1S/C20H28N2O5/c1-14(2)17(22-16(23)12-15-6-4-3-5-7-15)18(24)21-13-20(19(25)26)8-10-27-11-9-20/h3-7,14,17H,8-13H2,1-2H3,(H,21,24)(H,22,23)(H,25,26). The second-order valence-corrected chi connectivity index (χ2v) is 7.37. The Balaban J connectivity index is 1.95. The zero-order chi connectivity index (χ0) is 19.9. The number of hydrogen-bond acceptors (Lipinski definition) is 4. The summed E-state index contributed by atoms with van der Waals surface area (Å²) in [7, 11) is 0. The van der Waals surface area contributed by atoms with E-state index in [0.717, 1.165) is 5.56 Å². The fourth-order valence-electron chi connectivity index (χ4n) is 3.14. The average Bonchev–Trinajstić information content (AvgIpc) is 2.65. The van der Waals surface area contributed by atoms with Crippen molar-refractivity contribution in [3.8, 4) is 0 Å². The molecule has 1 atom stereocenters. The first-order chi connectivity index (χ1) is 12.8. The van der Waals surface area contributed by atoms with Crippen LogP contribution in [0.2, 0.25) is 0 Å². The molecule has 1 saturated heterocycles. The van der Waals surface area contributed by atoms with Gasteiger partial charge in [-0.15, -0.1) is 0 Å². The van der Waals surface area contributed by atoms with Crippen LogP contribution in [0.3, 0.4) is 0 Å². The maximum Gasteiger partial charge on any atom is 0.311 e. The Labute approximate surface area is 159 Å². The van der Waals surface area contributed by atoms with E-state index in [1.165, 1.54) is 0 Å². The molecule has 2 rings (SSSR count). The molecule has 7 nitrogen and oxygen atoms in total. The summed E-state index contributed by atoms with van der Waals surface area (Å²) in [4.78, 5) is 36.6. The van der Waals surface area contributed by atoms with E-state index in [4.69, 9.17) is 4.74 Å². The summed E-state index contributed by atoms with van der Waals surface area (Å²) in [6.45, 7) is 4.44. The third kappa shape index (κ3) is 5.79. The van der Waals surface area contributed by atoms with Crippen LogP contribution in [-0.4, -0.2) is 48.7 Å². The second kappa shape index (κ2) is 9.50. The number of carboxylic acids is 1. The molecule has 0 bridgehead atoms. The van der Waals surface area contributed by atoms with Crippen LogP contribution in [0.15, 0.2) is 30.3 Å². The predicted octanol–water partition coefficient (Wildman–Crippen LogP) is 1.37. The minimum absolute atomic E-state index is 0.0301. The largest absolute Gasteiger partial charge is 0.481 e. The highest BCUT2D eigenvalue weighted by molar-refractivity contribution is 5.89. The number of ether oxygens (including phenoxy) is 1. The fourth-order valence-corrected chi connectivity index (χ4v) is 3.14. The van der Waals surface area contributed by atoms with Crippen LogP contribution in [-0.2, 0) is 25.5 Å². The van der Waals surface area contributed by atoms with Gasteiger partial charge in [-0.25, -0.2) is 0 Å². The third-order valence-corrected chi connectivity index (χ3v) is 4.98. The molecule has 1 unspecified atom stereocenters. The van der Waals surface area contributed by atoms with Crippen LogP contribution in [0, 0.1) is 11.3 Å². The van der Waals surface area contributed by atoms with Gasteiger partial charge in [0.05, 0.1) is 11.8 Å². The number of amides is 2. The van der Waals surface area contributed by atoms with Gasteiger partial charge >= 0.3 is 5.97 Å². The van der Waals surface area contributed by atoms with Gasteiger partial charge < -0.3 is 20.5 Å². The van der Waals surface area contributed by atoms with Gasteiger partial charge in [-0.1, -0.05) is 44.2 Å². The lowest BCUT2D eigenvalue weighted by Gasteiger charge is -2.34. The second-order valence-electron chi connectivity index (χ2n) is 7.37. The quantitative estimate of drug-likeness (QED) is 0.636. The topological polar surface area (TPSA) is 105 Å². The summed E-state index contributed by atoms with van der Waals surface area (Å²) >= 11 is 0. The van der Waals surface area contributed by atoms with Crippen molar-refractivity contribution < 1.29 is 24.2 Å². The molecule has 1 aliphatic rings. The van der Waals surface area contributed by atoms with E-state index < -0.39 is 17.4 Å². The Kier molecular flexibility index (Phi) is 7.36. The molecule has 7 heteroatoms. The highest BCUT2D eigenvalue weighted by atomic mass is 16.5. The first kappa shape index (κ1) is 20.9. The van der Waals surface area contributed by atoms with E-state index in [2.05, 4.69) is 10.6 Å². The Morgan fingerprint density at radius 1 is 1.15 bits per heavy atom. The predicted molar refractivity (Wildman–Crippen MR) is 100 cm³/mol. The molecule has 27 heavy (non-hydrogen) atoms. The number of carbonyl (C=O) groups excluding carboxylic acids is 2. The summed E-state index contributed by atoms with van der Waals surface area (Å²) < 4.78 is 5.24. The molecular formula is C20H28N2O5. The zero-order valence-corrected chi connectivity index (χ0v) is 15.9. The van der Waals surface area contributed by atoms with Gasteiger partial charge in [-0.2, -0.15) is 0 Å². The summed E-state index contributed by atoms with van der Waals surface area (Å²) in [5.74, 6) is -1.66. The molecule has 0 spiro atoms. The van der Waals surface area contributed by atoms with E-state index in [9.17, 15) is 19.5 Å². The number of carbonyl (C=O) groups is 3. The van der Waals surface area contributed by atoms with Gasteiger partial charge in [-0.05, 0) is 24.3 Å². The van der Waals surface area contributed by atoms with Crippen LogP contribution in [0.1, 0.15) is 32.3 Å². The molecule has 1 aliphatic heterocycles. The van der Waals surface area contributed by atoms with Crippen molar-refractivity contribution in [1.29, 1.82) is 0 Å². The van der Waals surface area contributed by atoms with Gasteiger partial charge in [0.1, 0.15) is 6.04 Å². The van der Waals surface area contributed by atoms with Gasteiger partial charge in [0, 0.05) is 19.8 Å². The summed E-state index contributed by atoms with van der Waals surface area (Å²) in [5, 5.41) is 15.1. The van der Waals surface area contributed by atoms with Crippen LogP contribution in [0.5, 0.6) is 0 Å². The molecule has 0 aliphatic carbocycles.